The summed E-state index contributed by atoms with van der Waals surface area (Å²) in [5.74, 6) is 0.679. The van der Waals surface area contributed by atoms with Crippen LogP contribution in [0.15, 0.2) is 24.3 Å². The molecule has 0 saturated heterocycles. The van der Waals surface area contributed by atoms with Crippen molar-refractivity contribution in [2.75, 3.05) is 7.11 Å². The average Bonchev–Trinajstić information content (AvgIpc) is 2.39. The molecule has 0 spiro atoms. The van der Waals surface area contributed by atoms with E-state index in [-0.39, 0.29) is 11.9 Å². The van der Waals surface area contributed by atoms with Crippen LogP contribution in [0.1, 0.15) is 38.3 Å². The van der Waals surface area contributed by atoms with Crippen LogP contribution in [0.2, 0.25) is 0 Å². The average molecular weight is 250 g/mol. The Bertz CT molecular complexity index is 393. The maximum Gasteiger partial charge on any atom is 0.237 e. The molecule has 0 radical (unpaired) electrons. The van der Waals surface area contributed by atoms with Crippen LogP contribution in [0, 0.1) is 0 Å². The largest absolute Gasteiger partial charge is 0.497 e. The molecule has 1 amide bonds. The van der Waals surface area contributed by atoms with E-state index in [1.807, 2.05) is 38.1 Å². The fourth-order valence-corrected chi connectivity index (χ4v) is 1.76. The van der Waals surface area contributed by atoms with Gasteiger partial charge in [0.2, 0.25) is 5.91 Å². The summed E-state index contributed by atoms with van der Waals surface area (Å²) in [6.07, 6.45) is 1.61. The molecule has 0 aliphatic heterocycles. The molecule has 100 valence electrons. The topological polar surface area (TPSA) is 64.4 Å². The molecule has 3 N–H and O–H groups in total. The molecule has 2 atom stereocenters. The molecule has 0 fully saturated rings. The van der Waals surface area contributed by atoms with Crippen molar-refractivity contribution in [3.63, 3.8) is 0 Å². The molecule has 1 aromatic carbocycles. The standard InChI is InChI=1S/C14H22N2O2/c1-4-6-13(15)14(17)16-10(2)11-7-5-8-12(9-11)18-3/h5,7-10,13H,4,6,15H2,1-3H3,(H,16,17)/t10-,13-/m1/s1. The van der Waals surface area contributed by atoms with Crippen LogP contribution in [-0.4, -0.2) is 19.1 Å². The molecule has 1 rings (SSSR count). The van der Waals surface area contributed by atoms with Crippen molar-refractivity contribution in [2.24, 2.45) is 5.73 Å². The lowest BCUT2D eigenvalue weighted by atomic mass is 10.1. The number of ether oxygens (including phenoxy) is 1. The van der Waals surface area contributed by atoms with Gasteiger partial charge in [-0.15, -0.1) is 0 Å². The van der Waals surface area contributed by atoms with E-state index in [1.54, 1.807) is 7.11 Å². The van der Waals surface area contributed by atoms with Gasteiger partial charge in [0, 0.05) is 0 Å². The van der Waals surface area contributed by atoms with Gasteiger partial charge in [0.05, 0.1) is 19.2 Å². The van der Waals surface area contributed by atoms with E-state index in [1.165, 1.54) is 0 Å². The van der Waals surface area contributed by atoms with Crippen molar-refractivity contribution in [2.45, 2.75) is 38.8 Å². The number of rotatable bonds is 6. The van der Waals surface area contributed by atoms with E-state index >= 15 is 0 Å². The minimum absolute atomic E-state index is 0.0736. The second kappa shape index (κ2) is 7.01. The molecular formula is C14H22N2O2. The van der Waals surface area contributed by atoms with E-state index in [2.05, 4.69) is 5.32 Å². The van der Waals surface area contributed by atoms with E-state index in [0.29, 0.717) is 6.42 Å². The summed E-state index contributed by atoms with van der Waals surface area (Å²) in [6, 6.07) is 7.15. The lowest BCUT2D eigenvalue weighted by Crippen LogP contribution is -2.41. The van der Waals surface area contributed by atoms with Gasteiger partial charge in [-0.3, -0.25) is 4.79 Å². The van der Waals surface area contributed by atoms with Crippen molar-refractivity contribution < 1.29 is 9.53 Å². The Kier molecular flexibility index (Phi) is 5.65. The summed E-state index contributed by atoms with van der Waals surface area (Å²) in [5.41, 5.74) is 6.78. The van der Waals surface area contributed by atoms with Crippen molar-refractivity contribution >= 4 is 5.91 Å². The normalized spacial score (nSPS) is 13.8. The van der Waals surface area contributed by atoms with E-state index in [4.69, 9.17) is 10.5 Å². The maximum atomic E-state index is 11.8. The van der Waals surface area contributed by atoms with Crippen LogP contribution in [-0.2, 0) is 4.79 Å². The van der Waals surface area contributed by atoms with E-state index in [9.17, 15) is 4.79 Å². The quantitative estimate of drug-likeness (QED) is 0.811. The number of methoxy groups -OCH3 is 1. The molecule has 0 bridgehead atoms. The fraction of sp³-hybridized carbons (Fsp3) is 0.500. The number of benzene rings is 1. The second-order valence-corrected chi connectivity index (χ2v) is 4.40. The second-order valence-electron chi connectivity index (χ2n) is 4.40. The summed E-state index contributed by atoms with van der Waals surface area (Å²) < 4.78 is 5.16. The molecule has 0 aliphatic carbocycles. The van der Waals surface area contributed by atoms with Gasteiger partial charge < -0.3 is 15.8 Å². The number of hydrogen-bond donors (Lipinski definition) is 2. The van der Waals surface area contributed by atoms with Gasteiger partial charge in [-0.1, -0.05) is 25.5 Å². The van der Waals surface area contributed by atoms with Crippen molar-refractivity contribution in [3.05, 3.63) is 29.8 Å². The number of carbonyl (C=O) groups excluding carboxylic acids is 1. The first-order valence-electron chi connectivity index (χ1n) is 6.28. The third kappa shape index (κ3) is 4.04. The van der Waals surface area contributed by atoms with Crippen LogP contribution in [0.5, 0.6) is 5.75 Å². The fourth-order valence-electron chi connectivity index (χ4n) is 1.76. The van der Waals surface area contributed by atoms with Crippen molar-refractivity contribution in [1.82, 2.24) is 5.32 Å². The van der Waals surface area contributed by atoms with Crippen molar-refractivity contribution in [1.29, 1.82) is 0 Å². The number of hydrogen-bond acceptors (Lipinski definition) is 3. The number of amides is 1. The van der Waals surface area contributed by atoms with Gasteiger partial charge in [-0.2, -0.15) is 0 Å². The molecule has 18 heavy (non-hydrogen) atoms. The highest BCUT2D eigenvalue weighted by atomic mass is 16.5. The van der Waals surface area contributed by atoms with Gasteiger partial charge >= 0.3 is 0 Å². The first-order valence-corrected chi connectivity index (χ1v) is 6.28. The Labute approximate surface area is 109 Å². The Morgan fingerprint density at radius 2 is 2.22 bits per heavy atom. The molecule has 0 aliphatic rings. The molecule has 0 aromatic heterocycles. The molecule has 4 nitrogen and oxygen atoms in total. The lowest BCUT2D eigenvalue weighted by Gasteiger charge is -2.18. The van der Waals surface area contributed by atoms with Crippen LogP contribution in [0.4, 0.5) is 0 Å². The summed E-state index contributed by atoms with van der Waals surface area (Å²) >= 11 is 0. The summed E-state index contributed by atoms with van der Waals surface area (Å²) in [4.78, 5) is 11.8. The lowest BCUT2D eigenvalue weighted by molar-refractivity contribution is -0.123. The van der Waals surface area contributed by atoms with Gasteiger partial charge in [-0.25, -0.2) is 0 Å². The van der Waals surface area contributed by atoms with Crippen LogP contribution in [0.25, 0.3) is 0 Å². The predicted octanol–water partition coefficient (Wildman–Crippen LogP) is 2.00. The summed E-state index contributed by atoms with van der Waals surface area (Å²) in [6.45, 7) is 3.95. The van der Waals surface area contributed by atoms with Gasteiger partial charge in [-0.05, 0) is 31.0 Å². The molecule has 1 aromatic rings. The highest BCUT2D eigenvalue weighted by Gasteiger charge is 2.15. The van der Waals surface area contributed by atoms with E-state index in [0.717, 1.165) is 17.7 Å². The zero-order valence-electron chi connectivity index (χ0n) is 11.3. The Morgan fingerprint density at radius 1 is 1.50 bits per heavy atom. The summed E-state index contributed by atoms with van der Waals surface area (Å²) in [7, 11) is 1.62. The minimum Gasteiger partial charge on any atom is -0.497 e. The first-order chi connectivity index (χ1) is 8.58. The van der Waals surface area contributed by atoms with Crippen LogP contribution >= 0.6 is 0 Å². The number of nitrogens with two attached hydrogens (primary N) is 1. The first kappa shape index (κ1) is 14.5. The Morgan fingerprint density at radius 3 is 2.83 bits per heavy atom. The number of carbonyl (C=O) groups is 1. The van der Waals surface area contributed by atoms with Gasteiger partial charge in [0.15, 0.2) is 0 Å². The predicted molar refractivity (Wildman–Crippen MR) is 72.4 cm³/mol. The number of nitrogens with one attached hydrogen (secondary N) is 1. The Balaban J connectivity index is 2.64. The molecule has 0 saturated carbocycles. The zero-order valence-corrected chi connectivity index (χ0v) is 11.3. The highest BCUT2D eigenvalue weighted by molar-refractivity contribution is 5.81. The molecule has 0 unspecified atom stereocenters. The molecule has 4 heteroatoms. The SMILES string of the molecule is CCC[C@@H](N)C(=O)N[C@H](C)c1cccc(OC)c1. The zero-order chi connectivity index (χ0) is 13.5. The monoisotopic (exact) mass is 250 g/mol. The summed E-state index contributed by atoms with van der Waals surface area (Å²) in [5, 5.41) is 2.91. The van der Waals surface area contributed by atoms with Crippen LogP contribution in [0.3, 0.4) is 0 Å². The molecule has 0 heterocycles. The van der Waals surface area contributed by atoms with Crippen molar-refractivity contribution in [3.8, 4) is 5.75 Å². The minimum atomic E-state index is -0.428. The van der Waals surface area contributed by atoms with E-state index < -0.39 is 6.04 Å². The third-order valence-electron chi connectivity index (χ3n) is 2.89. The third-order valence-corrected chi connectivity index (χ3v) is 2.89. The Hall–Kier alpha value is -1.55. The van der Waals surface area contributed by atoms with Gasteiger partial charge in [0.25, 0.3) is 0 Å². The smallest absolute Gasteiger partial charge is 0.237 e. The molecular weight excluding hydrogens is 228 g/mol. The van der Waals surface area contributed by atoms with Crippen LogP contribution < -0.4 is 15.8 Å². The maximum absolute atomic E-state index is 11.8. The highest BCUT2D eigenvalue weighted by Crippen LogP contribution is 2.18. The van der Waals surface area contributed by atoms with Gasteiger partial charge in [0.1, 0.15) is 5.75 Å².